The summed E-state index contributed by atoms with van der Waals surface area (Å²) in [5.41, 5.74) is 2.24. The Balaban J connectivity index is 1.96. The minimum absolute atomic E-state index is 0.0937. The van der Waals surface area contributed by atoms with Crippen LogP contribution < -0.4 is 5.56 Å². The lowest BCUT2D eigenvalue weighted by molar-refractivity contribution is 0.761. The maximum atomic E-state index is 12.8. The summed E-state index contributed by atoms with van der Waals surface area (Å²) in [6.45, 7) is 2.28. The van der Waals surface area contributed by atoms with Crippen LogP contribution in [0.15, 0.2) is 47.9 Å². The van der Waals surface area contributed by atoms with E-state index in [1.54, 1.807) is 27.7 Å². The van der Waals surface area contributed by atoms with Gasteiger partial charge in [0.1, 0.15) is 6.33 Å². The molecule has 108 valence electrons. The Kier molecular flexibility index (Phi) is 2.72. The van der Waals surface area contributed by atoms with Crippen LogP contribution in [0.3, 0.4) is 0 Å². The zero-order chi connectivity index (χ0) is 15.1. The van der Waals surface area contributed by atoms with Crippen LogP contribution in [0, 0.1) is 6.92 Å². The third-order valence-corrected chi connectivity index (χ3v) is 3.61. The molecule has 0 spiro atoms. The van der Waals surface area contributed by atoms with Crippen LogP contribution in [-0.4, -0.2) is 29.1 Å². The zero-order valence-electron chi connectivity index (χ0n) is 11.8. The fourth-order valence-corrected chi connectivity index (χ4v) is 2.58. The van der Waals surface area contributed by atoms with E-state index in [1.165, 1.54) is 6.33 Å². The van der Waals surface area contributed by atoms with Crippen LogP contribution in [0.25, 0.3) is 16.7 Å². The number of rotatable bonds is 2. The van der Waals surface area contributed by atoms with Crippen LogP contribution in [0.4, 0.5) is 0 Å². The highest BCUT2D eigenvalue weighted by Crippen LogP contribution is 2.13. The average molecular weight is 292 g/mol. The van der Waals surface area contributed by atoms with Crippen LogP contribution in [0.2, 0.25) is 0 Å². The van der Waals surface area contributed by atoms with Gasteiger partial charge in [-0.1, -0.05) is 6.07 Å². The van der Waals surface area contributed by atoms with Crippen LogP contribution in [0.1, 0.15) is 11.3 Å². The Hall–Kier alpha value is -3.09. The fraction of sp³-hybridized carbons (Fsp3) is 0.133. The Morgan fingerprint density at radius 2 is 2.18 bits per heavy atom. The van der Waals surface area contributed by atoms with Crippen molar-refractivity contribution in [1.82, 2.24) is 29.1 Å². The van der Waals surface area contributed by atoms with Crippen molar-refractivity contribution in [3.63, 3.8) is 0 Å². The van der Waals surface area contributed by atoms with Crippen LogP contribution in [-0.2, 0) is 6.54 Å². The summed E-state index contributed by atoms with van der Waals surface area (Å²) in [7, 11) is 0. The standard InChI is InChI=1S/C15H12N6O/c1-10-13-12(21-15(19-10)17-9-18-21)4-6-20(14(13)22)8-11-3-2-5-16-7-11/h2-7,9H,8H2,1H3. The third kappa shape index (κ3) is 1.86. The van der Waals surface area contributed by atoms with Gasteiger partial charge in [0.25, 0.3) is 11.3 Å². The second kappa shape index (κ2) is 4.73. The van der Waals surface area contributed by atoms with Crippen molar-refractivity contribution >= 4 is 16.7 Å². The van der Waals surface area contributed by atoms with Crippen molar-refractivity contribution in [2.24, 2.45) is 0 Å². The normalized spacial score (nSPS) is 11.3. The van der Waals surface area contributed by atoms with E-state index < -0.39 is 0 Å². The van der Waals surface area contributed by atoms with E-state index >= 15 is 0 Å². The van der Waals surface area contributed by atoms with Gasteiger partial charge in [0.15, 0.2) is 0 Å². The first-order chi connectivity index (χ1) is 10.7. The molecule has 0 aliphatic heterocycles. The minimum Gasteiger partial charge on any atom is -0.310 e. The molecule has 0 unspecified atom stereocenters. The predicted molar refractivity (Wildman–Crippen MR) is 80.6 cm³/mol. The lowest BCUT2D eigenvalue weighted by atomic mass is 10.2. The molecule has 7 heteroatoms. The number of hydrogen-bond acceptors (Lipinski definition) is 5. The molecule has 4 aromatic rings. The summed E-state index contributed by atoms with van der Waals surface area (Å²) in [4.78, 5) is 25.2. The van der Waals surface area contributed by atoms with Gasteiger partial charge in [0.2, 0.25) is 0 Å². The quantitative estimate of drug-likeness (QED) is 0.554. The molecule has 0 aliphatic rings. The van der Waals surface area contributed by atoms with Crippen LogP contribution in [0.5, 0.6) is 0 Å². The number of nitrogens with zero attached hydrogens (tertiary/aromatic N) is 6. The number of aromatic nitrogens is 6. The van der Waals surface area contributed by atoms with E-state index in [9.17, 15) is 4.79 Å². The van der Waals surface area contributed by atoms with E-state index in [-0.39, 0.29) is 5.56 Å². The first-order valence-corrected chi connectivity index (χ1v) is 6.82. The molecule has 0 radical (unpaired) electrons. The van der Waals surface area contributed by atoms with Gasteiger partial charge in [-0.3, -0.25) is 9.78 Å². The van der Waals surface area contributed by atoms with Crippen molar-refractivity contribution in [1.29, 1.82) is 0 Å². The lowest BCUT2D eigenvalue weighted by Gasteiger charge is -2.09. The first kappa shape index (κ1) is 12.6. The van der Waals surface area contributed by atoms with Crippen molar-refractivity contribution < 1.29 is 0 Å². The molecular weight excluding hydrogens is 280 g/mol. The number of fused-ring (bicyclic) bond motifs is 3. The summed E-state index contributed by atoms with van der Waals surface area (Å²) in [5.74, 6) is 0.495. The van der Waals surface area contributed by atoms with Crippen molar-refractivity contribution in [2.45, 2.75) is 13.5 Å². The number of pyridine rings is 2. The van der Waals surface area contributed by atoms with Crippen molar-refractivity contribution in [2.75, 3.05) is 0 Å². The van der Waals surface area contributed by atoms with E-state index in [0.717, 1.165) is 5.56 Å². The molecule has 0 atom stereocenters. The monoisotopic (exact) mass is 292 g/mol. The third-order valence-electron chi connectivity index (χ3n) is 3.61. The summed E-state index contributed by atoms with van der Waals surface area (Å²) >= 11 is 0. The second-order valence-corrected chi connectivity index (χ2v) is 5.04. The molecule has 0 N–H and O–H groups in total. The summed E-state index contributed by atoms with van der Waals surface area (Å²) in [6.07, 6.45) is 6.66. The molecule has 0 bridgehead atoms. The molecule has 0 aromatic carbocycles. The summed E-state index contributed by atoms with van der Waals surface area (Å²) in [5, 5.41) is 4.69. The molecule has 4 aromatic heterocycles. The molecule has 0 saturated carbocycles. The van der Waals surface area contributed by atoms with E-state index in [0.29, 0.717) is 28.9 Å². The first-order valence-electron chi connectivity index (χ1n) is 6.82. The summed E-state index contributed by atoms with van der Waals surface area (Å²) < 4.78 is 3.23. The van der Waals surface area contributed by atoms with Crippen molar-refractivity contribution in [3.05, 3.63) is 64.7 Å². The SMILES string of the molecule is Cc1nc2ncnn2c2ccn(Cc3cccnc3)c(=O)c12. The molecule has 7 nitrogen and oxygen atoms in total. The molecule has 0 fully saturated rings. The number of hydrogen-bond donors (Lipinski definition) is 0. The maximum absolute atomic E-state index is 12.8. The lowest BCUT2D eigenvalue weighted by Crippen LogP contribution is -2.22. The topological polar surface area (TPSA) is 78.0 Å². The summed E-state index contributed by atoms with van der Waals surface area (Å²) in [6, 6.07) is 5.66. The Morgan fingerprint density at radius 1 is 1.27 bits per heavy atom. The van der Waals surface area contributed by atoms with Gasteiger partial charge in [0.05, 0.1) is 23.1 Å². The van der Waals surface area contributed by atoms with Gasteiger partial charge >= 0.3 is 0 Å². The molecule has 4 heterocycles. The van der Waals surface area contributed by atoms with E-state index in [4.69, 9.17) is 0 Å². The largest absolute Gasteiger partial charge is 0.310 e. The highest BCUT2D eigenvalue weighted by Gasteiger charge is 2.12. The van der Waals surface area contributed by atoms with E-state index in [2.05, 4.69) is 20.1 Å². The zero-order valence-corrected chi connectivity index (χ0v) is 11.8. The Morgan fingerprint density at radius 3 is 3.00 bits per heavy atom. The van der Waals surface area contributed by atoms with Gasteiger partial charge < -0.3 is 4.57 Å². The fourth-order valence-electron chi connectivity index (χ4n) is 2.58. The number of aryl methyl sites for hydroxylation is 1. The van der Waals surface area contributed by atoms with Gasteiger partial charge in [0, 0.05) is 18.6 Å². The van der Waals surface area contributed by atoms with Crippen LogP contribution >= 0.6 is 0 Å². The van der Waals surface area contributed by atoms with Gasteiger partial charge in [-0.05, 0) is 24.6 Å². The van der Waals surface area contributed by atoms with Crippen molar-refractivity contribution in [3.8, 4) is 0 Å². The molecule has 22 heavy (non-hydrogen) atoms. The van der Waals surface area contributed by atoms with Gasteiger partial charge in [-0.2, -0.15) is 14.6 Å². The molecule has 0 saturated heterocycles. The van der Waals surface area contributed by atoms with E-state index in [1.807, 2.05) is 25.1 Å². The highest BCUT2D eigenvalue weighted by atomic mass is 16.1. The Bertz CT molecular complexity index is 1030. The Labute approximate surface area is 124 Å². The maximum Gasteiger partial charge on any atom is 0.262 e. The molecule has 4 rings (SSSR count). The second-order valence-electron chi connectivity index (χ2n) is 5.04. The smallest absolute Gasteiger partial charge is 0.262 e. The molecule has 0 amide bonds. The molecular formula is C15H12N6O. The minimum atomic E-state index is -0.0937. The highest BCUT2D eigenvalue weighted by molar-refractivity contribution is 5.81. The van der Waals surface area contributed by atoms with Gasteiger partial charge in [-0.25, -0.2) is 4.98 Å². The average Bonchev–Trinajstić information content (AvgIpc) is 2.99. The van der Waals surface area contributed by atoms with Gasteiger partial charge in [-0.15, -0.1) is 0 Å². The predicted octanol–water partition coefficient (Wildman–Crippen LogP) is 1.19. The molecule has 0 aliphatic carbocycles.